The summed E-state index contributed by atoms with van der Waals surface area (Å²) < 4.78 is 0. The maximum absolute atomic E-state index is 2.68. The highest BCUT2D eigenvalue weighted by atomic mass is 13.9. The van der Waals surface area contributed by atoms with Crippen molar-refractivity contribution < 1.29 is 0 Å². The molecular weight excluding hydrogens is 108 g/mol. The molecule has 0 amide bonds. The van der Waals surface area contributed by atoms with Crippen LogP contribution in [0.3, 0.4) is 0 Å². The molecule has 0 N–H and O–H groups in total. The largest absolute Gasteiger partial charge is 0.107 e. The van der Waals surface area contributed by atoms with E-state index in [1.165, 1.54) is 6.42 Å². The van der Waals surface area contributed by atoms with E-state index in [-0.39, 0.29) is 0 Å². The van der Waals surface area contributed by atoms with Crippen LogP contribution in [-0.2, 0) is 0 Å². The lowest BCUT2D eigenvalue weighted by molar-refractivity contribution is 0.626. The van der Waals surface area contributed by atoms with Crippen molar-refractivity contribution in [1.82, 2.24) is 0 Å². The first kappa shape index (κ1) is 11.4. The second kappa shape index (κ2) is 10.5. The molecule has 0 unspecified atom stereocenters. The van der Waals surface area contributed by atoms with Gasteiger partial charge in [0.1, 0.15) is 0 Å². The monoisotopic (exact) mass is 126 g/mol. The molecule has 0 saturated heterocycles. The van der Waals surface area contributed by atoms with Crippen molar-refractivity contribution in [3.63, 3.8) is 0 Å². The maximum atomic E-state index is 2.68. The molecule has 0 spiro atoms. The molecule has 9 heavy (non-hydrogen) atoms. The van der Waals surface area contributed by atoms with Crippen LogP contribution >= 0.6 is 0 Å². The molecule has 0 saturated carbocycles. The highest BCUT2D eigenvalue weighted by Gasteiger charge is 1.80. The van der Waals surface area contributed by atoms with Crippen LogP contribution in [0.2, 0.25) is 0 Å². The Balaban J connectivity index is 0. The fourth-order valence-corrected chi connectivity index (χ4v) is 0. The van der Waals surface area contributed by atoms with Gasteiger partial charge in [0, 0.05) is 0 Å². The summed E-state index contributed by atoms with van der Waals surface area (Å²) in [7, 11) is 0. The predicted molar refractivity (Wildman–Crippen MR) is 44.3 cm³/mol. The third-order valence-corrected chi connectivity index (χ3v) is 1.07. The van der Waals surface area contributed by atoms with Crippen molar-refractivity contribution in [2.24, 2.45) is 5.92 Å². The molecule has 0 atom stereocenters. The third-order valence-electron chi connectivity index (χ3n) is 1.07. The molecule has 0 nitrogen and oxygen atoms in total. The summed E-state index contributed by atoms with van der Waals surface area (Å²) in [4.78, 5) is 0. The van der Waals surface area contributed by atoms with Crippen LogP contribution in [0.5, 0.6) is 0 Å². The number of hydrogen-bond acceptors (Lipinski definition) is 0. The summed E-state index contributed by atoms with van der Waals surface area (Å²) >= 11 is 0. The Labute approximate surface area is 59.7 Å². The topological polar surface area (TPSA) is 0 Å². The molecule has 0 heterocycles. The minimum Gasteiger partial charge on any atom is -0.107 e. The summed E-state index contributed by atoms with van der Waals surface area (Å²) in [5.74, 6) is 6.25. The zero-order valence-corrected chi connectivity index (χ0v) is 7.28. The molecule has 0 aromatic carbocycles. The lowest BCUT2D eigenvalue weighted by Gasteiger charge is -1.90. The lowest BCUT2D eigenvalue weighted by Crippen LogP contribution is -1.77. The second-order valence-corrected chi connectivity index (χ2v) is 2.30. The highest BCUT2D eigenvalue weighted by Crippen LogP contribution is 1.93. The van der Waals surface area contributed by atoms with Crippen molar-refractivity contribution in [3.05, 3.63) is 0 Å². The Hall–Kier alpha value is -0.440. The van der Waals surface area contributed by atoms with Gasteiger partial charge in [-0.2, -0.15) is 0 Å². The Bertz CT molecular complexity index is 73.9. The molecule has 0 heteroatoms. The lowest BCUT2D eigenvalue weighted by atomic mass is 10.2. The van der Waals surface area contributed by atoms with E-state index in [1.807, 2.05) is 13.8 Å². The van der Waals surface area contributed by atoms with Crippen molar-refractivity contribution in [2.45, 2.75) is 41.0 Å². The number of hydrogen-bond donors (Lipinski definition) is 0. The van der Waals surface area contributed by atoms with Crippen molar-refractivity contribution in [1.29, 1.82) is 0 Å². The predicted octanol–water partition coefficient (Wildman–Crippen LogP) is 3.08. The van der Waals surface area contributed by atoms with E-state index in [0.717, 1.165) is 5.92 Å². The van der Waals surface area contributed by atoms with Gasteiger partial charge in [0.25, 0.3) is 0 Å². The first-order valence-corrected chi connectivity index (χ1v) is 3.52. The van der Waals surface area contributed by atoms with Crippen LogP contribution in [0.1, 0.15) is 41.0 Å². The molecule has 54 valence electrons. The summed E-state index contributed by atoms with van der Waals surface area (Å²) in [6, 6.07) is 0. The first-order chi connectivity index (χ1) is 4.18. The van der Waals surface area contributed by atoms with E-state index < -0.39 is 0 Å². The third kappa shape index (κ3) is 35.7. The van der Waals surface area contributed by atoms with Gasteiger partial charge in [0.2, 0.25) is 0 Å². The van der Waals surface area contributed by atoms with Gasteiger partial charge in [-0.3, -0.25) is 0 Å². The molecule has 0 aromatic heterocycles. The van der Waals surface area contributed by atoms with E-state index >= 15 is 0 Å². The van der Waals surface area contributed by atoms with Gasteiger partial charge in [0.15, 0.2) is 0 Å². The zero-order valence-electron chi connectivity index (χ0n) is 7.28. The van der Waals surface area contributed by atoms with Crippen LogP contribution in [0, 0.1) is 17.8 Å². The van der Waals surface area contributed by atoms with E-state index in [1.54, 1.807) is 0 Å². The van der Waals surface area contributed by atoms with Crippen molar-refractivity contribution in [2.75, 3.05) is 0 Å². The average molecular weight is 126 g/mol. The molecule has 0 fully saturated rings. The SMILES string of the molecule is CC#CC.CCC(C)C. The van der Waals surface area contributed by atoms with E-state index in [2.05, 4.69) is 32.6 Å². The Morgan fingerprint density at radius 1 is 1.11 bits per heavy atom. The Morgan fingerprint density at radius 3 is 1.33 bits per heavy atom. The second-order valence-electron chi connectivity index (χ2n) is 2.30. The first-order valence-electron chi connectivity index (χ1n) is 3.52. The Kier molecular flexibility index (Phi) is 13.3. The van der Waals surface area contributed by atoms with Crippen LogP contribution in [0.25, 0.3) is 0 Å². The van der Waals surface area contributed by atoms with Gasteiger partial charge < -0.3 is 0 Å². The molecule has 0 bridgehead atoms. The minimum absolute atomic E-state index is 0.884. The number of rotatable bonds is 1. The average Bonchev–Trinajstić information content (AvgIpc) is 1.89. The maximum Gasteiger partial charge on any atom is -0.00271 e. The van der Waals surface area contributed by atoms with Crippen LogP contribution in [0.4, 0.5) is 0 Å². The fraction of sp³-hybridized carbons (Fsp3) is 0.778. The molecule has 0 aliphatic carbocycles. The highest BCUT2D eigenvalue weighted by molar-refractivity contribution is 4.89. The molecular formula is C9H18. The van der Waals surface area contributed by atoms with E-state index in [4.69, 9.17) is 0 Å². The van der Waals surface area contributed by atoms with Gasteiger partial charge in [-0.25, -0.2) is 0 Å². The van der Waals surface area contributed by atoms with Crippen molar-refractivity contribution in [3.8, 4) is 11.8 Å². The van der Waals surface area contributed by atoms with Crippen LogP contribution < -0.4 is 0 Å². The summed E-state index contributed by atoms with van der Waals surface area (Å²) in [6.07, 6.45) is 1.31. The normalized spacial score (nSPS) is 6.89. The van der Waals surface area contributed by atoms with E-state index in [0.29, 0.717) is 0 Å². The standard InChI is InChI=1S/C5H12.C4H6/c1-4-5(2)3;1-3-4-2/h5H,4H2,1-3H3;1-2H3. The van der Waals surface area contributed by atoms with Gasteiger partial charge in [-0.15, -0.1) is 11.8 Å². The molecule has 0 aliphatic rings. The Morgan fingerprint density at radius 2 is 1.33 bits per heavy atom. The van der Waals surface area contributed by atoms with Gasteiger partial charge in [0.05, 0.1) is 0 Å². The molecule has 0 aliphatic heterocycles. The van der Waals surface area contributed by atoms with Gasteiger partial charge in [-0.05, 0) is 19.8 Å². The minimum atomic E-state index is 0.884. The summed E-state index contributed by atoms with van der Waals surface area (Å²) in [5.41, 5.74) is 0. The van der Waals surface area contributed by atoms with E-state index in [9.17, 15) is 0 Å². The molecule has 0 aromatic rings. The van der Waals surface area contributed by atoms with Crippen LogP contribution in [-0.4, -0.2) is 0 Å². The fourth-order valence-electron chi connectivity index (χ4n) is 0. The van der Waals surface area contributed by atoms with Crippen molar-refractivity contribution >= 4 is 0 Å². The summed E-state index contributed by atoms with van der Waals surface area (Å²) in [6.45, 7) is 10.3. The molecule has 0 rings (SSSR count). The smallest absolute Gasteiger partial charge is 0.00271 e. The quantitative estimate of drug-likeness (QED) is 0.474. The van der Waals surface area contributed by atoms with Gasteiger partial charge in [-0.1, -0.05) is 27.2 Å². The van der Waals surface area contributed by atoms with Gasteiger partial charge >= 0.3 is 0 Å². The summed E-state index contributed by atoms with van der Waals surface area (Å²) in [5, 5.41) is 0. The molecule has 0 radical (unpaired) electrons. The van der Waals surface area contributed by atoms with Crippen LogP contribution in [0.15, 0.2) is 0 Å². The zero-order chi connectivity index (χ0) is 7.70.